The summed E-state index contributed by atoms with van der Waals surface area (Å²) in [5, 5.41) is 0. The predicted octanol–water partition coefficient (Wildman–Crippen LogP) is 1.35. The van der Waals surface area contributed by atoms with Gasteiger partial charge < -0.3 is 9.64 Å². The Bertz CT molecular complexity index is 418. The Hall–Kier alpha value is -1.91. The molecule has 5 heteroatoms. The first-order valence-corrected chi connectivity index (χ1v) is 5.41. The third-order valence-corrected chi connectivity index (χ3v) is 2.27. The van der Waals surface area contributed by atoms with Gasteiger partial charge in [0.2, 0.25) is 0 Å². The maximum Gasteiger partial charge on any atom is 0.356 e. The summed E-state index contributed by atoms with van der Waals surface area (Å²) >= 11 is 0. The summed E-state index contributed by atoms with van der Waals surface area (Å²) in [6.07, 6.45) is 0.874. The van der Waals surface area contributed by atoms with Crippen molar-refractivity contribution < 1.29 is 14.3 Å². The summed E-state index contributed by atoms with van der Waals surface area (Å²) in [5.74, 6) is -0.740. The van der Waals surface area contributed by atoms with Gasteiger partial charge in [0.05, 0.1) is 7.11 Å². The zero-order chi connectivity index (χ0) is 12.8. The molecule has 0 aromatic carbocycles. The van der Waals surface area contributed by atoms with E-state index >= 15 is 0 Å². The predicted molar refractivity (Wildman–Crippen MR) is 62.8 cm³/mol. The molecule has 0 aliphatic carbocycles. The van der Waals surface area contributed by atoms with Crippen molar-refractivity contribution in [2.24, 2.45) is 0 Å². The first-order chi connectivity index (χ1) is 8.10. The molecule has 1 aromatic heterocycles. The van der Waals surface area contributed by atoms with Crippen molar-refractivity contribution in [3.8, 4) is 0 Å². The van der Waals surface area contributed by atoms with E-state index in [-0.39, 0.29) is 17.3 Å². The summed E-state index contributed by atoms with van der Waals surface area (Å²) < 4.78 is 4.55. The molecule has 0 radical (unpaired) electrons. The van der Waals surface area contributed by atoms with Crippen molar-refractivity contribution in [3.63, 3.8) is 0 Å². The third kappa shape index (κ3) is 3.27. The molecule has 92 valence electrons. The second kappa shape index (κ2) is 5.98. The summed E-state index contributed by atoms with van der Waals surface area (Å²) in [5.41, 5.74) is 0.395. The van der Waals surface area contributed by atoms with Gasteiger partial charge in [-0.25, -0.2) is 9.78 Å². The van der Waals surface area contributed by atoms with Gasteiger partial charge in [-0.15, -0.1) is 0 Å². The molecule has 1 rings (SSSR count). The van der Waals surface area contributed by atoms with Gasteiger partial charge in [0, 0.05) is 13.6 Å². The number of nitrogens with zero attached hydrogens (tertiary/aromatic N) is 2. The van der Waals surface area contributed by atoms with Gasteiger partial charge in [-0.3, -0.25) is 4.79 Å². The lowest BCUT2D eigenvalue weighted by Crippen LogP contribution is -2.28. The van der Waals surface area contributed by atoms with Crippen LogP contribution in [0.5, 0.6) is 0 Å². The van der Waals surface area contributed by atoms with E-state index in [1.807, 2.05) is 6.92 Å². The Morgan fingerprint density at radius 3 is 2.59 bits per heavy atom. The van der Waals surface area contributed by atoms with E-state index in [1.54, 1.807) is 24.1 Å². The van der Waals surface area contributed by atoms with Crippen molar-refractivity contribution in [2.45, 2.75) is 13.3 Å². The van der Waals surface area contributed by atoms with E-state index in [0.29, 0.717) is 6.54 Å². The minimum Gasteiger partial charge on any atom is -0.464 e. The van der Waals surface area contributed by atoms with Crippen molar-refractivity contribution in [2.75, 3.05) is 20.7 Å². The van der Waals surface area contributed by atoms with E-state index in [1.165, 1.54) is 13.2 Å². The summed E-state index contributed by atoms with van der Waals surface area (Å²) in [6.45, 7) is 2.64. The number of hydrogen-bond donors (Lipinski definition) is 0. The molecule has 0 bridgehead atoms. The Balaban J connectivity index is 2.91. The highest BCUT2D eigenvalue weighted by molar-refractivity contribution is 5.94. The molecule has 0 saturated carbocycles. The molecule has 0 aliphatic heterocycles. The first kappa shape index (κ1) is 13.2. The molecule has 5 nitrogen and oxygen atoms in total. The number of rotatable bonds is 4. The van der Waals surface area contributed by atoms with Gasteiger partial charge >= 0.3 is 5.97 Å². The molecule has 1 heterocycles. The minimum absolute atomic E-state index is 0.142. The quantitative estimate of drug-likeness (QED) is 0.740. The van der Waals surface area contributed by atoms with Crippen LogP contribution in [0.25, 0.3) is 0 Å². The van der Waals surface area contributed by atoms with Crippen LogP contribution in [0.2, 0.25) is 0 Å². The molecule has 0 aliphatic rings. The molecule has 0 fully saturated rings. The van der Waals surface area contributed by atoms with E-state index < -0.39 is 5.97 Å². The van der Waals surface area contributed by atoms with Crippen molar-refractivity contribution in [1.82, 2.24) is 9.88 Å². The smallest absolute Gasteiger partial charge is 0.356 e. The molecular formula is C12H16N2O3. The zero-order valence-corrected chi connectivity index (χ0v) is 10.3. The van der Waals surface area contributed by atoms with Crippen LogP contribution < -0.4 is 0 Å². The second-order valence-electron chi connectivity index (χ2n) is 3.63. The van der Waals surface area contributed by atoms with Crippen LogP contribution in [0.3, 0.4) is 0 Å². The topological polar surface area (TPSA) is 59.5 Å². The molecule has 0 unspecified atom stereocenters. The first-order valence-electron chi connectivity index (χ1n) is 5.41. The Labute approximate surface area is 100 Å². The van der Waals surface area contributed by atoms with Crippen LogP contribution >= 0.6 is 0 Å². The number of carbonyl (C=O) groups excluding carboxylic acids is 2. The number of hydrogen-bond acceptors (Lipinski definition) is 4. The van der Waals surface area contributed by atoms with Crippen molar-refractivity contribution in [1.29, 1.82) is 0 Å². The van der Waals surface area contributed by atoms with Crippen molar-refractivity contribution >= 4 is 11.9 Å². The highest BCUT2D eigenvalue weighted by Gasteiger charge is 2.15. The second-order valence-corrected chi connectivity index (χ2v) is 3.63. The average Bonchev–Trinajstić information content (AvgIpc) is 2.37. The summed E-state index contributed by atoms with van der Waals surface area (Å²) in [4.78, 5) is 28.7. The standard InChI is InChI=1S/C12H16N2O3/c1-4-8-14(2)11(15)9-6-5-7-10(13-9)12(16)17-3/h5-7H,4,8H2,1-3H3. The van der Waals surface area contributed by atoms with Gasteiger partial charge in [-0.2, -0.15) is 0 Å². The fourth-order valence-electron chi connectivity index (χ4n) is 1.40. The number of carbonyl (C=O) groups is 2. The maximum absolute atomic E-state index is 11.9. The Morgan fingerprint density at radius 2 is 2.00 bits per heavy atom. The molecule has 17 heavy (non-hydrogen) atoms. The van der Waals surface area contributed by atoms with E-state index in [2.05, 4.69) is 9.72 Å². The maximum atomic E-state index is 11.9. The van der Waals surface area contributed by atoms with E-state index in [0.717, 1.165) is 6.42 Å². The van der Waals surface area contributed by atoms with Crippen LogP contribution in [-0.2, 0) is 4.74 Å². The van der Waals surface area contributed by atoms with Gasteiger partial charge in [0.15, 0.2) is 0 Å². The highest BCUT2D eigenvalue weighted by atomic mass is 16.5. The normalized spacial score (nSPS) is 9.82. The third-order valence-electron chi connectivity index (χ3n) is 2.27. The molecule has 0 saturated heterocycles. The zero-order valence-electron chi connectivity index (χ0n) is 10.3. The number of ether oxygens (including phenoxy) is 1. The van der Waals surface area contributed by atoms with E-state index in [9.17, 15) is 9.59 Å². The summed E-state index contributed by atoms with van der Waals surface area (Å²) in [7, 11) is 2.99. The monoisotopic (exact) mass is 236 g/mol. The molecule has 1 amide bonds. The fourth-order valence-corrected chi connectivity index (χ4v) is 1.40. The van der Waals surface area contributed by atoms with Gasteiger partial charge in [0.25, 0.3) is 5.91 Å². The lowest BCUT2D eigenvalue weighted by atomic mass is 10.2. The Kier molecular flexibility index (Phi) is 4.63. The summed E-state index contributed by atoms with van der Waals surface area (Å²) in [6, 6.07) is 4.72. The number of pyridine rings is 1. The van der Waals surface area contributed by atoms with Crippen LogP contribution in [0.15, 0.2) is 18.2 Å². The van der Waals surface area contributed by atoms with Gasteiger partial charge in [0.1, 0.15) is 11.4 Å². The molecule has 0 atom stereocenters. The lowest BCUT2D eigenvalue weighted by molar-refractivity contribution is 0.0593. The minimum atomic E-state index is -0.544. The SMILES string of the molecule is CCCN(C)C(=O)c1cccc(C(=O)OC)n1. The molecule has 1 aromatic rings. The fraction of sp³-hybridized carbons (Fsp3) is 0.417. The number of methoxy groups -OCH3 is 1. The molecular weight excluding hydrogens is 220 g/mol. The van der Waals surface area contributed by atoms with Crippen LogP contribution in [0, 0.1) is 0 Å². The largest absolute Gasteiger partial charge is 0.464 e. The molecule has 0 spiro atoms. The van der Waals surface area contributed by atoms with Crippen LogP contribution in [0.1, 0.15) is 34.3 Å². The number of esters is 1. The highest BCUT2D eigenvalue weighted by Crippen LogP contribution is 2.04. The number of amides is 1. The molecule has 0 N–H and O–H groups in total. The van der Waals surface area contributed by atoms with E-state index in [4.69, 9.17) is 0 Å². The van der Waals surface area contributed by atoms with Gasteiger partial charge in [-0.1, -0.05) is 13.0 Å². The Morgan fingerprint density at radius 1 is 1.35 bits per heavy atom. The van der Waals surface area contributed by atoms with Gasteiger partial charge in [-0.05, 0) is 18.6 Å². The van der Waals surface area contributed by atoms with Crippen molar-refractivity contribution in [3.05, 3.63) is 29.6 Å². The average molecular weight is 236 g/mol. The lowest BCUT2D eigenvalue weighted by Gasteiger charge is -2.15. The number of aromatic nitrogens is 1. The van der Waals surface area contributed by atoms with Crippen LogP contribution in [-0.4, -0.2) is 42.5 Å². The van der Waals surface area contributed by atoms with Crippen LogP contribution in [0.4, 0.5) is 0 Å².